The summed E-state index contributed by atoms with van der Waals surface area (Å²) in [6.07, 6.45) is 1.57. The normalized spacial score (nSPS) is 17.7. The van der Waals surface area contributed by atoms with Crippen LogP contribution in [0.3, 0.4) is 0 Å². The first-order chi connectivity index (χ1) is 12.7. The Labute approximate surface area is 154 Å². The summed E-state index contributed by atoms with van der Waals surface area (Å²) in [6.45, 7) is 6.36. The minimum Gasteiger partial charge on any atom is -0.377 e. The lowest BCUT2D eigenvalue weighted by molar-refractivity contribution is 0.0438. The van der Waals surface area contributed by atoms with Crippen LogP contribution in [0.4, 0.5) is 5.82 Å². The monoisotopic (exact) mass is 354 g/mol. The van der Waals surface area contributed by atoms with Crippen molar-refractivity contribution in [1.82, 2.24) is 9.88 Å². The Balaban J connectivity index is 1.61. The highest BCUT2D eigenvalue weighted by Gasteiger charge is 2.28. The molecule has 2 heterocycles. The maximum absolute atomic E-state index is 11.5. The van der Waals surface area contributed by atoms with Crippen molar-refractivity contribution in [1.29, 1.82) is 0 Å². The zero-order valence-corrected chi connectivity index (χ0v) is 15.4. The Kier molecular flexibility index (Phi) is 6.30. The van der Waals surface area contributed by atoms with Gasteiger partial charge in [-0.2, -0.15) is 4.91 Å². The number of hydrogen-bond donors (Lipinski definition) is 0. The minimum absolute atomic E-state index is 0.254. The summed E-state index contributed by atoms with van der Waals surface area (Å²) in [7, 11) is 1.66. The number of hydrogen-bond acceptors (Lipinski definition) is 6. The highest BCUT2D eigenvalue weighted by molar-refractivity contribution is 5.38. The van der Waals surface area contributed by atoms with Crippen LogP contribution in [0.1, 0.15) is 17.2 Å². The van der Waals surface area contributed by atoms with Gasteiger partial charge in [0.1, 0.15) is 11.9 Å². The van der Waals surface area contributed by atoms with Crippen LogP contribution in [0.2, 0.25) is 0 Å². The Morgan fingerprint density at radius 3 is 2.58 bits per heavy atom. The number of ether oxygens (including phenoxy) is 1. The van der Waals surface area contributed by atoms with Crippen LogP contribution >= 0.6 is 0 Å². The lowest BCUT2D eigenvalue weighted by Gasteiger charge is -2.37. The fraction of sp³-hybridized carbons (Fsp3) is 0.450. The molecule has 1 aromatic heterocycles. The number of piperazine rings is 1. The summed E-state index contributed by atoms with van der Waals surface area (Å²) in [5.74, 6) is 1.02. The highest BCUT2D eigenvalue weighted by atomic mass is 16.5. The van der Waals surface area contributed by atoms with Crippen molar-refractivity contribution in [2.45, 2.75) is 19.1 Å². The summed E-state index contributed by atoms with van der Waals surface area (Å²) >= 11 is 0. The van der Waals surface area contributed by atoms with Gasteiger partial charge in [0.2, 0.25) is 0 Å². The number of aryl methyl sites for hydroxylation is 1. The molecule has 0 amide bonds. The molecule has 3 rings (SSSR count). The van der Waals surface area contributed by atoms with E-state index in [0.29, 0.717) is 6.54 Å². The van der Waals surface area contributed by atoms with E-state index in [9.17, 15) is 4.91 Å². The van der Waals surface area contributed by atoms with E-state index in [1.807, 2.05) is 55.6 Å². The number of anilines is 1. The average molecular weight is 354 g/mol. The summed E-state index contributed by atoms with van der Waals surface area (Å²) in [5, 5.41) is 3.38. The molecule has 0 N–H and O–H groups in total. The molecule has 1 aliphatic rings. The van der Waals surface area contributed by atoms with Crippen molar-refractivity contribution < 1.29 is 4.74 Å². The third-order valence-electron chi connectivity index (χ3n) is 4.94. The van der Waals surface area contributed by atoms with E-state index in [0.717, 1.165) is 43.1 Å². The van der Waals surface area contributed by atoms with Gasteiger partial charge in [0, 0.05) is 46.0 Å². The predicted molar refractivity (Wildman–Crippen MR) is 103 cm³/mol. The molecule has 0 radical (unpaired) electrons. The average Bonchev–Trinajstić information content (AvgIpc) is 2.69. The van der Waals surface area contributed by atoms with Gasteiger partial charge >= 0.3 is 0 Å². The van der Waals surface area contributed by atoms with E-state index < -0.39 is 6.04 Å². The fourth-order valence-corrected chi connectivity index (χ4v) is 3.46. The smallest absolute Gasteiger partial charge is 0.144 e. The van der Waals surface area contributed by atoms with Crippen molar-refractivity contribution in [2.75, 3.05) is 44.7 Å². The molecule has 26 heavy (non-hydrogen) atoms. The molecule has 2 aromatic rings. The molecule has 0 aliphatic carbocycles. The second kappa shape index (κ2) is 8.87. The number of benzene rings is 1. The van der Waals surface area contributed by atoms with Gasteiger partial charge in [-0.05, 0) is 24.6 Å². The standard InChI is InChI=1S/C20H26N4O2/c1-16-6-5-7-17(14-16)20(22-25)18(26-2)15-23-10-12-24(13-11-23)19-8-3-4-9-21-19/h3-9,14,18,20H,10-13,15H2,1-2H3. The quantitative estimate of drug-likeness (QED) is 0.715. The molecule has 6 nitrogen and oxygen atoms in total. The van der Waals surface area contributed by atoms with E-state index in [-0.39, 0.29) is 6.10 Å². The number of pyridine rings is 1. The molecule has 6 heteroatoms. The summed E-state index contributed by atoms with van der Waals surface area (Å²) in [5.41, 5.74) is 2.04. The first kappa shape index (κ1) is 18.5. The number of nitroso groups, excluding NO2 is 1. The number of methoxy groups -OCH3 is 1. The van der Waals surface area contributed by atoms with Gasteiger partial charge in [0.15, 0.2) is 0 Å². The van der Waals surface area contributed by atoms with E-state index in [1.54, 1.807) is 7.11 Å². The molecule has 1 aromatic carbocycles. The highest BCUT2D eigenvalue weighted by Crippen LogP contribution is 2.25. The van der Waals surface area contributed by atoms with Gasteiger partial charge in [0.25, 0.3) is 0 Å². The molecule has 0 spiro atoms. The fourth-order valence-electron chi connectivity index (χ4n) is 3.46. The van der Waals surface area contributed by atoms with Gasteiger partial charge in [-0.1, -0.05) is 41.1 Å². The lowest BCUT2D eigenvalue weighted by Crippen LogP contribution is -2.49. The zero-order valence-electron chi connectivity index (χ0n) is 15.4. The van der Waals surface area contributed by atoms with Gasteiger partial charge in [-0.15, -0.1) is 0 Å². The molecule has 1 fully saturated rings. The zero-order chi connectivity index (χ0) is 18.4. The minimum atomic E-state index is -0.492. The first-order valence-electron chi connectivity index (χ1n) is 9.01. The molecule has 138 valence electrons. The van der Waals surface area contributed by atoms with Crippen molar-refractivity contribution >= 4 is 5.82 Å². The molecule has 1 aliphatic heterocycles. The van der Waals surface area contributed by atoms with Crippen LogP contribution in [-0.2, 0) is 4.74 Å². The third kappa shape index (κ3) is 4.45. The van der Waals surface area contributed by atoms with Crippen molar-refractivity contribution in [3.05, 3.63) is 64.7 Å². The van der Waals surface area contributed by atoms with E-state index in [2.05, 4.69) is 20.0 Å². The predicted octanol–water partition coefficient (Wildman–Crippen LogP) is 3.03. The van der Waals surface area contributed by atoms with Crippen molar-refractivity contribution in [2.24, 2.45) is 5.18 Å². The van der Waals surface area contributed by atoms with E-state index in [4.69, 9.17) is 4.74 Å². The molecule has 2 unspecified atom stereocenters. The lowest BCUT2D eigenvalue weighted by atomic mass is 9.99. The first-order valence-corrected chi connectivity index (χ1v) is 9.01. The van der Waals surface area contributed by atoms with Gasteiger partial charge in [-0.3, -0.25) is 4.90 Å². The largest absolute Gasteiger partial charge is 0.377 e. The van der Waals surface area contributed by atoms with Crippen molar-refractivity contribution in [3.63, 3.8) is 0 Å². The summed E-state index contributed by atoms with van der Waals surface area (Å²) < 4.78 is 5.65. The Morgan fingerprint density at radius 2 is 1.96 bits per heavy atom. The Bertz CT molecular complexity index is 702. The number of rotatable bonds is 7. The topological polar surface area (TPSA) is 58.0 Å². The number of nitrogens with zero attached hydrogens (tertiary/aromatic N) is 4. The van der Waals surface area contributed by atoms with Crippen molar-refractivity contribution in [3.8, 4) is 0 Å². The van der Waals surface area contributed by atoms with Crippen LogP contribution in [0, 0.1) is 11.8 Å². The second-order valence-corrected chi connectivity index (χ2v) is 6.71. The van der Waals surface area contributed by atoms with Crippen LogP contribution < -0.4 is 4.90 Å². The second-order valence-electron chi connectivity index (χ2n) is 6.71. The molecule has 0 bridgehead atoms. The maximum Gasteiger partial charge on any atom is 0.144 e. The van der Waals surface area contributed by atoms with E-state index >= 15 is 0 Å². The van der Waals surface area contributed by atoms with Gasteiger partial charge < -0.3 is 9.64 Å². The van der Waals surface area contributed by atoms with Crippen LogP contribution in [0.5, 0.6) is 0 Å². The van der Waals surface area contributed by atoms with Gasteiger partial charge in [0.05, 0.1) is 6.10 Å². The maximum atomic E-state index is 11.5. The van der Waals surface area contributed by atoms with E-state index in [1.165, 1.54) is 0 Å². The summed E-state index contributed by atoms with van der Waals surface area (Å²) in [6, 6.07) is 13.4. The molecular weight excluding hydrogens is 328 g/mol. The van der Waals surface area contributed by atoms with Gasteiger partial charge in [-0.25, -0.2) is 4.98 Å². The molecular formula is C20H26N4O2. The molecule has 1 saturated heterocycles. The Hall–Kier alpha value is -2.31. The number of aromatic nitrogens is 1. The SMILES string of the molecule is COC(CN1CCN(c2ccccn2)CC1)C(N=O)c1cccc(C)c1. The molecule has 0 saturated carbocycles. The van der Waals surface area contributed by atoms with Crippen LogP contribution in [-0.4, -0.2) is 55.8 Å². The summed E-state index contributed by atoms with van der Waals surface area (Å²) in [4.78, 5) is 20.6. The van der Waals surface area contributed by atoms with Crippen LogP contribution in [0.15, 0.2) is 53.8 Å². The van der Waals surface area contributed by atoms with Crippen LogP contribution in [0.25, 0.3) is 0 Å². The molecule has 2 atom stereocenters. The Morgan fingerprint density at radius 1 is 1.15 bits per heavy atom. The third-order valence-corrected chi connectivity index (χ3v) is 4.94.